The van der Waals surface area contributed by atoms with Gasteiger partial charge in [0, 0.05) is 12.0 Å². The molecular formula is C20H21F3N2O. The highest BCUT2D eigenvalue weighted by atomic mass is 19.4. The van der Waals surface area contributed by atoms with E-state index in [1.54, 1.807) is 30.3 Å². The molecule has 0 aliphatic heterocycles. The lowest BCUT2D eigenvalue weighted by atomic mass is 9.64. The van der Waals surface area contributed by atoms with Gasteiger partial charge in [0.1, 0.15) is 6.04 Å². The number of nitrogens with two attached hydrogens (primary N) is 1. The first-order valence-electron chi connectivity index (χ1n) is 8.58. The maximum absolute atomic E-state index is 13.0. The van der Waals surface area contributed by atoms with Crippen molar-refractivity contribution < 1.29 is 18.0 Å². The molecule has 0 bridgehead atoms. The highest BCUT2D eigenvalue weighted by molar-refractivity contribution is 5.83. The summed E-state index contributed by atoms with van der Waals surface area (Å²) in [5, 5.41) is 2.84. The van der Waals surface area contributed by atoms with Crippen molar-refractivity contribution >= 4 is 5.91 Å². The molecular weight excluding hydrogens is 341 g/mol. The third-order valence-corrected chi connectivity index (χ3v) is 5.16. The van der Waals surface area contributed by atoms with Gasteiger partial charge >= 0.3 is 6.18 Å². The predicted octanol–water partition coefficient (Wildman–Crippen LogP) is 3.94. The minimum Gasteiger partial charge on any atom is -0.354 e. The van der Waals surface area contributed by atoms with Gasteiger partial charge in [-0.25, -0.2) is 0 Å². The standard InChI is InChI=1S/C20H21F3N2O/c21-20(22,23)16-9-4-8-15(12-16)19(10-5-11-19)13-25-18(26)17(24)14-6-2-1-3-7-14/h1-4,6-9,12,17H,5,10-11,13,24H2,(H,25,26). The number of hydrogen-bond acceptors (Lipinski definition) is 2. The van der Waals surface area contributed by atoms with Crippen LogP contribution >= 0.6 is 0 Å². The van der Waals surface area contributed by atoms with Crippen LogP contribution in [0.3, 0.4) is 0 Å². The summed E-state index contributed by atoms with van der Waals surface area (Å²) < 4.78 is 39.0. The zero-order chi connectivity index (χ0) is 18.8. The Labute approximate surface area is 150 Å². The van der Waals surface area contributed by atoms with Gasteiger partial charge in [-0.1, -0.05) is 55.0 Å². The molecule has 3 nitrogen and oxygen atoms in total. The van der Waals surface area contributed by atoms with Crippen LogP contribution in [-0.2, 0) is 16.4 Å². The molecule has 2 aromatic rings. The van der Waals surface area contributed by atoms with Crippen LogP contribution in [-0.4, -0.2) is 12.5 Å². The van der Waals surface area contributed by atoms with Crippen LogP contribution in [0.1, 0.15) is 42.0 Å². The molecule has 3 rings (SSSR count). The van der Waals surface area contributed by atoms with Crippen LogP contribution in [0, 0.1) is 0 Å². The average molecular weight is 362 g/mol. The Morgan fingerprint density at radius 1 is 1.12 bits per heavy atom. The van der Waals surface area contributed by atoms with Gasteiger partial charge < -0.3 is 11.1 Å². The Hall–Kier alpha value is -2.34. The van der Waals surface area contributed by atoms with Crippen LogP contribution in [0.25, 0.3) is 0 Å². The first kappa shape index (κ1) is 18.5. The maximum atomic E-state index is 13.0. The largest absolute Gasteiger partial charge is 0.416 e. The quantitative estimate of drug-likeness (QED) is 0.846. The summed E-state index contributed by atoms with van der Waals surface area (Å²) in [7, 11) is 0. The first-order valence-corrected chi connectivity index (χ1v) is 8.58. The Kier molecular flexibility index (Phi) is 5.05. The van der Waals surface area contributed by atoms with E-state index in [1.165, 1.54) is 12.1 Å². The molecule has 1 atom stereocenters. The van der Waals surface area contributed by atoms with E-state index in [0.717, 1.165) is 25.3 Å². The van der Waals surface area contributed by atoms with Gasteiger partial charge in [-0.15, -0.1) is 0 Å². The Balaban J connectivity index is 1.72. The predicted molar refractivity (Wildman–Crippen MR) is 93.4 cm³/mol. The number of rotatable bonds is 5. The van der Waals surface area contributed by atoms with E-state index in [4.69, 9.17) is 5.73 Å². The number of benzene rings is 2. The van der Waals surface area contributed by atoms with Crippen molar-refractivity contribution in [3.63, 3.8) is 0 Å². The molecule has 2 aromatic carbocycles. The van der Waals surface area contributed by atoms with Gasteiger partial charge in [-0.2, -0.15) is 13.2 Å². The minimum absolute atomic E-state index is 0.285. The molecule has 0 spiro atoms. The second kappa shape index (κ2) is 7.11. The van der Waals surface area contributed by atoms with Gasteiger partial charge in [0.25, 0.3) is 0 Å². The lowest BCUT2D eigenvalue weighted by Gasteiger charge is -2.43. The van der Waals surface area contributed by atoms with Crippen molar-refractivity contribution in [1.29, 1.82) is 0 Å². The third-order valence-electron chi connectivity index (χ3n) is 5.16. The molecule has 26 heavy (non-hydrogen) atoms. The maximum Gasteiger partial charge on any atom is 0.416 e. The molecule has 1 aliphatic carbocycles. The lowest BCUT2D eigenvalue weighted by Crippen LogP contribution is -2.47. The van der Waals surface area contributed by atoms with E-state index in [1.807, 2.05) is 6.07 Å². The van der Waals surface area contributed by atoms with Crippen LogP contribution < -0.4 is 11.1 Å². The van der Waals surface area contributed by atoms with Crippen molar-refractivity contribution in [2.45, 2.75) is 36.9 Å². The van der Waals surface area contributed by atoms with Crippen LogP contribution in [0.15, 0.2) is 54.6 Å². The van der Waals surface area contributed by atoms with E-state index >= 15 is 0 Å². The molecule has 1 amide bonds. The zero-order valence-electron chi connectivity index (χ0n) is 14.2. The molecule has 138 valence electrons. The van der Waals surface area contributed by atoms with E-state index in [2.05, 4.69) is 5.32 Å². The summed E-state index contributed by atoms with van der Waals surface area (Å²) in [4.78, 5) is 12.4. The number of carbonyl (C=O) groups excluding carboxylic acids is 1. The average Bonchev–Trinajstić information content (AvgIpc) is 2.60. The van der Waals surface area contributed by atoms with Crippen LogP contribution in [0.4, 0.5) is 13.2 Å². The molecule has 1 unspecified atom stereocenters. The molecule has 0 aromatic heterocycles. The van der Waals surface area contributed by atoms with Gasteiger partial charge in [0.05, 0.1) is 5.56 Å². The highest BCUT2D eigenvalue weighted by Crippen LogP contribution is 2.44. The second-order valence-corrected chi connectivity index (χ2v) is 6.82. The molecule has 3 N–H and O–H groups in total. The van der Waals surface area contributed by atoms with Crippen molar-refractivity contribution in [3.05, 3.63) is 71.3 Å². The van der Waals surface area contributed by atoms with Crippen LogP contribution in [0.5, 0.6) is 0 Å². The summed E-state index contributed by atoms with van der Waals surface area (Å²) in [5.41, 5.74) is 6.20. The monoisotopic (exact) mass is 362 g/mol. The van der Waals surface area contributed by atoms with Gasteiger partial charge in [0.2, 0.25) is 5.91 Å². The normalized spacial score (nSPS) is 17.2. The number of amides is 1. The number of hydrogen-bond donors (Lipinski definition) is 2. The molecule has 1 fully saturated rings. The molecule has 6 heteroatoms. The zero-order valence-corrected chi connectivity index (χ0v) is 14.2. The van der Waals surface area contributed by atoms with E-state index in [9.17, 15) is 18.0 Å². The Morgan fingerprint density at radius 3 is 2.38 bits per heavy atom. The number of alkyl halides is 3. The van der Waals surface area contributed by atoms with Crippen molar-refractivity contribution in [2.75, 3.05) is 6.54 Å². The summed E-state index contributed by atoms with van der Waals surface area (Å²) >= 11 is 0. The Morgan fingerprint density at radius 2 is 1.81 bits per heavy atom. The number of nitrogens with one attached hydrogen (secondary N) is 1. The highest BCUT2D eigenvalue weighted by Gasteiger charge is 2.40. The van der Waals surface area contributed by atoms with E-state index in [0.29, 0.717) is 11.1 Å². The molecule has 1 saturated carbocycles. The van der Waals surface area contributed by atoms with E-state index < -0.39 is 23.2 Å². The minimum atomic E-state index is -4.38. The van der Waals surface area contributed by atoms with E-state index in [-0.39, 0.29) is 12.5 Å². The van der Waals surface area contributed by atoms with Crippen LogP contribution in [0.2, 0.25) is 0 Å². The van der Waals surface area contributed by atoms with Gasteiger partial charge in [0.15, 0.2) is 0 Å². The fourth-order valence-corrected chi connectivity index (χ4v) is 3.37. The lowest BCUT2D eigenvalue weighted by molar-refractivity contribution is -0.137. The number of halogens is 3. The topological polar surface area (TPSA) is 55.1 Å². The number of carbonyl (C=O) groups is 1. The smallest absolute Gasteiger partial charge is 0.354 e. The molecule has 0 heterocycles. The fourth-order valence-electron chi connectivity index (χ4n) is 3.37. The molecule has 0 radical (unpaired) electrons. The van der Waals surface area contributed by atoms with Gasteiger partial charge in [-0.05, 0) is 30.0 Å². The van der Waals surface area contributed by atoms with Crippen molar-refractivity contribution in [2.24, 2.45) is 5.73 Å². The van der Waals surface area contributed by atoms with Crippen molar-refractivity contribution in [3.8, 4) is 0 Å². The fraction of sp³-hybridized carbons (Fsp3) is 0.350. The Bertz CT molecular complexity index is 770. The van der Waals surface area contributed by atoms with Crippen molar-refractivity contribution in [1.82, 2.24) is 5.32 Å². The molecule has 1 aliphatic rings. The summed E-state index contributed by atoms with van der Waals surface area (Å²) in [6, 6.07) is 13.6. The summed E-state index contributed by atoms with van der Waals surface area (Å²) in [5.74, 6) is -0.325. The SMILES string of the molecule is NC(C(=O)NCC1(c2cccc(C(F)(F)F)c2)CCC1)c1ccccc1. The summed E-state index contributed by atoms with van der Waals surface area (Å²) in [6.45, 7) is 0.285. The second-order valence-electron chi connectivity index (χ2n) is 6.82. The third kappa shape index (κ3) is 3.75. The molecule has 0 saturated heterocycles. The first-order chi connectivity index (χ1) is 12.3. The van der Waals surface area contributed by atoms with Gasteiger partial charge in [-0.3, -0.25) is 4.79 Å². The summed E-state index contributed by atoms with van der Waals surface area (Å²) in [6.07, 6.45) is -1.96.